The minimum atomic E-state index is -0.615. The van der Waals surface area contributed by atoms with Crippen molar-refractivity contribution in [3.05, 3.63) is 56.7 Å². The van der Waals surface area contributed by atoms with Gasteiger partial charge in [-0.1, -0.05) is 17.3 Å². The molecular formula is C14H8Br2FI66N3O. The molecule has 0 aliphatic heterocycles. The van der Waals surface area contributed by atoms with Gasteiger partial charge in [-0.3, -0.25) is 0 Å². The van der Waals surface area contributed by atoms with Crippen molar-refractivity contribution in [3.8, 4) is 6.07 Å². The molecule has 568 valence electrons. The summed E-state index contributed by atoms with van der Waals surface area (Å²) in [6, 6.07) is 12.0. The van der Waals surface area contributed by atoms with E-state index < -0.39 is 258 Å². The smallest absolute Gasteiger partial charge is 0.183 e. The maximum atomic E-state index is 12.7. The summed E-state index contributed by atoms with van der Waals surface area (Å²) in [5.41, 5.74) is 6.28. The van der Waals surface area contributed by atoms with Crippen LogP contribution in [0.3, 0.4) is 0 Å². The Bertz CT molecular complexity index is 2390. The fourth-order valence-electron chi connectivity index (χ4n) is 2.46. The first-order valence-electron chi connectivity index (χ1n) is 15.0. The zero-order chi connectivity index (χ0) is 67.9. The van der Waals surface area contributed by atoms with Gasteiger partial charge in [-0.2, -0.15) is 5.26 Å². The van der Waals surface area contributed by atoms with Crippen LogP contribution in [-0.4, -0.2) is 5.16 Å². The van der Waals surface area contributed by atoms with Gasteiger partial charge in [-0.25, -0.2) is 4.39 Å². The van der Waals surface area contributed by atoms with Crippen LogP contribution in [-0.2, 0) is 0 Å². The Labute approximate surface area is 967 Å². The van der Waals surface area contributed by atoms with Crippen LogP contribution < -0.4 is 5.73 Å². The summed E-state index contributed by atoms with van der Waals surface area (Å²) < 4.78 is 18.9. The van der Waals surface area contributed by atoms with Crippen LogP contribution in [0, 0.1) is 17.1 Å². The van der Waals surface area contributed by atoms with Gasteiger partial charge in [-0.05, 0) is 56.1 Å². The molecular weight excluding hydrogens is 8780 g/mol. The molecule has 0 aliphatic carbocycles. The number of nitrogen functional groups attached to an aromatic ring is 1. The van der Waals surface area contributed by atoms with E-state index in [0.717, 1.165) is 9.86 Å². The second-order valence-electron chi connectivity index (χ2n) is 9.08. The predicted molar refractivity (Wildman–Crippen MR) is 1010 cm³/mol. The Hall–Kier alpha value is 46.3. The molecule has 0 atom stereocenters. The molecule has 2 N–H and O–H groups in total. The third kappa shape index (κ3) is 51.3. The van der Waals surface area contributed by atoms with Crippen LogP contribution in [0.5, 0.6) is 0 Å². The summed E-state index contributed by atoms with van der Waals surface area (Å²) in [6.07, 6.45) is 0. The number of nitriles is 1. The third-order valence-corrected chi connectivity index (χ3v) is 5130. The number of nitrogens with zero attached hydrogens (tertiary/aromatic N) is 2. The van der Waals surface area contributed by atoms with E-state index in [9.17, 15) is 4.39 Å². The fraction of sp³-hybridized carbons (Fsp3) is 0. The first kappa shape index (κ1) is 131. The molecule has 2 aromatic carbocycles. The molecule has 0 amide bonds. The number of benzene rings is 2. The molecule has 0 saturated heterocycles. The second-order valence-corrected chi connectivity index (χ2v) is 1570. The van der Waals surface area contributed by atoms with Gasteiger partial charge >= 0.3 is 886 Å². The number of rotatable bonds is 31. The van der Waals surface area contributed by atoms with E-state index in [-0.39, 0.29) is 5.56 Å². The number of nitrogens with two attached hydrogens (primary N) is 1. The average molecular weight is 8790 g/mol. The minimum Gasteiger partial charge on any atom is -0.380 e. The van der Waals surface area contributed by atoms with Crippen molar-refractivity contribution in [1.29, 1.82) is 5.26 Å². The molecule has 0 saturated carbocycles. The fourth-order valence-corrected chi connectivity index (χ4v) is 12600. The first-order chi connectivity index (χ1) is 40.0. The van der Waals surface area contributed by atoms with Crippen molar-refractivity contribution in [2.75, 3.05) is 5.73 Å². The summed E-state index contributed by atoms with van der Waals surface area (Å²) in [4.78, 5) is 0. The summed E-state index contributed by atoms with van der Waals surface area (Å²) in [6.45, 7) is 0. The Kier molecular flexibility index (Phi) is 116. The number of halogens is 69. The average Bonchev–Trinajstić information content (AvgIpc) is 4.18. The van der Waals surface area contributed by atoms with Crippen molar-refractivity contribution < 1.29 is 8.91 Å². The first-order valence-corrected chi connectivity index (χ1v) is 425. The van der Waals surface area contributed by atoms with Crippen LogP contribution >= 0.6 is 917 Å². The van der Waals surface area contributed by atoms with Gasteiger partial charge in [0, 0.05) is 0 Å². The molecule has 1 heterocycles. The Morgan fingerprint density at radius 2 is 0.529 bits per heavy atom. The molecule has 0 radical (unpaired) electrons. The van der Waals surface area contributed by atoms with E-state index in [1.807, 2.05) is 18.2 Å². The standard InChI is InChI=1S/C7H3BrFN.C7H5BrN2O.I66/c8-6-3-1-2-5(4-10)7(6)9;8-5-3-1-2-4-6(5)11-10-7(4)9;1-35(2)37(5)39(7)41(9)43(11)45(13)47(15)49(17)51(19)53(21)55(23)57(25)59(27)61(29)63(31)65(33)66(34)64(32)62(30)60(28)58(26)56(24)54(22)52(20)50(18)48(16)46(14)44(12)42(10)40(8)38(6)36(3)4/h1-3H;1-3H,(H2,9,10);. The van der Waals surface area contributed by atoms with Crippen LogP contribution in [0.25, 0.3) is 11.0 Å². The van der Waals surface area contributed by atoms with Gasteiger partial charge in [0.15, 0.2) is 17.2 Å². The second kappa shape index (κ2) is 76.8. The topological polar surface area (TPSA) is 75.8 Å². The van der Waals surface area contributed by atoms with Gasteiger partial charge in [-0.15, -0.1) is 0 Å². The Morgan fingerprint density at radius 1 is 0.333 bits per heavy atom. The number of anilines is 1. The maximum absolute atomic E-state index is 12.7. The van der Waals surface area contributed by atoms with E-state index in [2.05, 4.69) is 670 Å². The third-order valence-electron chi connectivity index (χ3n) is 5.08. The van der Waals surface area contributed by atoms with E-state index >= 15 is 0 Å². The maximum Gasteiger partial charge on any atom is 0.183 e. The monoisotopic (exact) mass is 8790 g/mol. The van der Waals surface area contributed by atoms with Crippen LogP contribution in [0.2, 0.25) is 0 Å². The van der Waals surface area contributed by atoms with Crippen molar-refractivity contribution in [3.63, 3.8) is 0 Å². The summed E-state index contributed by atoms with van der Waals surface area (Å²) in [5, 5.41) is 12.8. The molecule has 0 fully saturated rings. The van der Waals surface area contributed by atoms with Gasteiger partial charge in [0.2, 0.25) is 0 Å². The van der Waals surface area contributed by atoms with Crippen molar-refractivity contribution >= 4 is 934 Å². The number of para-hydroxylation sites is 1. The molecule has 3 rings (SSSR count). The van der Waals surface area contributed by atoms with Crippen molar-refractivity contribution in [2.24, 2.45) is 0 Å². The molecule has 0 spiro atoms. The van der Waals surface area contributed by atoms with Gasteiger partial charge in [0.05, 0.1) is 19.9 Å². The molecule has 0 unspecified atom stereocenters. The Balaban J connectivity index is 0.00000147. The zero-order valence-corrected chi connectivity index (χ0v) is 181. The number of aromatic nitrogens is 1. The normalized spacial score (nSPS) is 16.8. The van der Waals surface area contributed by atoms with Crippen LogP contribution in [0.4, 0.5) is 10.2 Å². The van der Waals surface area contributed by atoms with Gasteiger partial charge in [0.1, 0.15) is 6.07 Å². The predicted octanol–water partition coefficient (Wildman–Crippen LogP) is 63.1. The van der Waals surface area contributed by atoms with E-state index in [4.69, 9.17) is 15.5 Å². The molecule has 0 aliphatic rings. The van der Waals surface area contributed by atoms with Gasteiger partial charge in [0.25, 0.3) is 0 Å². The van der Waals surface area contributed by atoms with Crippen LogP contribution in [0.15, 0.2) is 49.9 Å². The number of hydrogen-bond donors (Lipinski definition) is 1. The molecule has 87 heavy (non-hydrogen) atoms. The minimum absolute atomic E-state index is 0.0642. The molecule has 0 bridgehead atoms. The van der Waals surface area contributed by atoms with Crippen molar-refractivity contribution in [1.82, 2.24) is 5.16 Å². The number of fused-ring (bicyclic) bond motifs is 1. The molecule has 3 aromatic rings. The van der Waals surface area contributed by atoms with Crippen LogP contribution in [0.1, 0.15) is 5.56 Å². The van der Waals surface area contributed by atoms with E-state index in [1.54, 1.807) is 18.2 Å². The van der Waals surface area contributed by atoms with E-state index in [1.165, 1.54) is 6.07 Å². The zero-order valence-electron chi connectivity index (χ0n) is 35.4. The summed E-state index contributed by atoms with van der Waals surface area (Å²) in [7, 11) is -18.2. The summed E-state index contributed by atoms with van der Waals surface area (Å²) in [5.74, 6) is -0.0636. The quantitative estimate of drug-likeness (QED) is 0.0651. The molecule has 73 heteroatoms. The number of hydrogen-bond acceptors (Lipinski definition) is 4. The van der Waals surface area contributed by atoms with Gasteiger partial charge < -0.3 is 10.3 Å². The largest absolute Gasteiger partial charge is 0.380 e. The summed E-state index contributed by atoms with van der Waals surface area (Å²) >= 11 is 119. The van der Waals surface area contributed by atoms with Crippen molar-refractivity contribution in [2.45, 2.75) is 0 Å². The Morgan fingerprint density at radius 3 is 0.713 bits per heavy atom. The SMILES string of the molecule is II(I)I(I)I(I)I(I)I(I)I(I)I(I)I(I)I(I)I(I)I(I)I(I)I(I)I(I)I(I)I(I)I(I)I(I)I(I)I(I)I(I)I(I)I(I)I(I)I(I)I(I)I(I)I(I)I(I)I(I)I(I)I(I)I.N#Cc1cccc(Br)c1F.Nc1noc2c(Br)cccc12. The molecule has 1 aromatic heterocycles. The van der Waals surface area contributed by atoms with E-state index in [0.29, 0.717) is 15.9 Å². The molecule has 4 nitrogen and oxygen atoms in total.